The number of benzene rings is 1. The Bertz CT molecular complexity index is 767. The van der Waals surface area contributed by atoms with Crippen molar-refractivity contribution in [2.45, 2.75) is 12.1 Å². The van der Waals surface area contributed by atoms with Gasteiger partial charge >= 0.3 is 0 Å². The Morgan fingerprint density at radius 2 is 2.27 bits per heavy atom. The molecular weight excluding hydrogens is 316 g/mol. The summed E-state index contributed by atoms with van der Waals surface area (Å²) < 4.78 is 1.98. The van der Waals surface area contributed by atoms with E-state index in [-0.39, 0.29) is 5.91 Å². The SMILES string of the molecule is Cc1cccc(-n2ccnc2SCC(=O)Nc2nccs2)c1. The van der Waals surface area contributed by atoms with Crippen LogP contribution in [-0.2, 0) is 4.79 Å². The van der Waals surface area contributed by atoms with Crippen molar-refractivity contribution in [2.75, 3.05) is 11.1 Å². The summed E-state index contributed by atoms with van der Waals surface area (Å²) in [6.07, 6.45) is 5.30. The summed E-state index contributed by atoms with van der Waals surface area (Å²) in [7, 11) is 0. The van der Waals surface area contributed by atoms with E-state index in [9.17, 15) is 4.79 Å². The molecule has 2 heterocycles. The van der Waals surface area contributed by atoms with Crippen LogP contribution in [0.1, 0.15) is 5.56 Å². The molecule has 3 rings (SSSR count). The molecule has 0 spiro atoms. The van der Waals surface area contributed by atoms with Crippen molar-refractivity contribution in [1.82, 2.24) is 14.5 Å². The topological polar surface area (TPSA) is 59.8 Å². The molecule has 0 saturated heterocycles. The van der Waals surface area contributed by atoms with Crippen LogP contribution >= 0.6 is 23.1 Å². The smallest absolute Gasteiger partial charge is 0.236 e. The number of carbonyl (C=O) groups is 1. The number of thiazole rings is 1. The predicted molar refractivity (Wildman–Crippen MR) is 89.8 cm³/mol. The van der Waals surface area contributed by atoms with Crippen LogP contribution in [0, 0.1) is 6.92 Å². The predicted octanol–water partition coefficient (Wildman–Crippen LogP) is 3.37. The minimum absolute atomic E-state index is 0.0845. The number of aryl methyl sites for hydroxylation is 1. The van der Waals surface area contributed by atoms with Crippen molar-refractivity contribution in [3.63, 3.8) is 0 Å². The number of anilines is 1. The minimum Gasteiger partial charge on any atom is -0.301 e. The lowest BCUT2D eigenvalue weighted by Gasteiger charge is -2.08. The van der Waals surface area contributed by atoms with E-state index in [0.717, 1.165) is 10.8 Å². The Morgan fingerprint density at radius 1 is 1.36 bits per heavy atom. The van der Waals surface area contributed by atoms with Gasteiger partial charge in [-0.25, -0.2) is 9.97 Å². The van der Waals surface area contributed by atoms with Crippen molar-refractivity contribution in [2.24, 2.45) is 0 Å². The van der Waals surface area contributed by atoms with Crippen LogP contribution in [0.5, 0.6) is 0 Å². The first kappa shape index (κ1) is 14.8. The van der Waals surface area contributed by atoms with Gasteiger partial charge in [0.25, 0.3) is 0 Å². The zero-order valence-corrected chi connectivity index (χ0v) is 13.5. The molecule has 0 atom stereocenters. The summed E-state index contributed by atoms with van der Waals surface area (Å²) in [4.78, 5) is 20.3. The van der Waals surface area contributed by atoms with Gasteiger partial charge in [-0.2, -0.15) is 0 Å². The third kappa shape index (κ3) is 3.55. The molecule has 0 radical (unpaired) electrons. The standard InChI is InChI=1S/C15H14N4OS2/c1-11-3-2-4-12(9-11)19-7-5-17-15(19)22-10-13(20)18-14-16-6-8-21-14/h2-9H,10H2,1H3,(H,16,18,20). The summed E-state index contributed by atoms with van der Waals surface area (Å²) in [5.41, 5.74) is 2.23. The normalized spacial score (nSPS) is 10.6. The van der Waals surface area contributed by atoms with Crippen LogP contribution in [0.3, 0.4) is 0 Å². The fourth-order valence-corrected chi connectivity index (χ4v) is 3.26. The summed E-state index contributed by atoms with van der Waals surface area (Å²) in [5, 5.41) is 6.00. The second kappa shape index (κ2) is 6.76. The fourth-order valence-electron chi connectivity index (χ4n) is 1.94. The van der Waals surface area contributed by atoms with Crippen LogP contribution < -0.4 is 5.32 Å². The molecule has 1 aromatic carbocycles. The number of hydrogen-bond donors (Lipinski definition) is 1. The van der Waals surface area contributed by atoms with Crippen molar-refractivity contribution in [3.05, 3.63) is 53.8 Å². The van der Waals surface area contributed by atoms with Gasteiger partial charge in [0.2, 0.25) is 5.91 Å². The fraction of sp³-hybridized carbons (Fsp3) is 0.133. The molecule has 1 amide bonds. The Hall–Kier alpha value is -2.12. The highest BCUT2D eigenvalue weighted by molar-refractivity contribution is 7.99. The number of rotatable bonds is 5. The lowest BCUT2D eigenvalue weighted by atomic mass is 10.2. The molecule has 3 aromatic rings. The third-order valence-corrected chi connectivity index (χ3v) is 4.55. The summed E-state index contributed by atoms with van der Waals surface area (Å²) in [6.45, 7) is 2.05. The Labute approximate surface area is 136 Å². The number of nitrogens with one attached hydrogen (secondary N) is 1. The van der Waals surface area contributed by atoms with E-state index in [1.807, 2.05) is 28.3 Å². The number of amides is 1. The number of imidazole rings is 1. The van der Waals surface area contributed by atoms with Gasteiger partial charge in [0, 0.05) is 29.7 Å². The Kier molecular flexibility index (Phi) is 4.55. The van der Waals surface area contributed by atoms with Gasteiger partial charge in [-0.3, -0.25) is 9.36 Å². The lowest BCUT2D eigenvalue weighted by molar-refractivity contribution is -0.113. The minimum atomic E-state index is -0.0845. The molecule has 0 aliphatic carbocycles. The number of aromatic nitrogens is 3. The van der Waals surface area contributed by atoms with Gasteiger partial charge in [-0.15, -0.1) is 11.3 Å². The second-order valence-electron chi connectivity index (χ2n) is 4.59. The zero-order chi connectivity index (χ0) is 15.4. The average molecular weight is 330 g/mol. The van der Waals surface area contributed by atoms with Crippen LogP contribution in [0.15, 0.2) is 53.4 Å². The summed E-state index contributed by atoms with van der Waals surface area (Å²) in [6, 6.07) is 8.17. The van der Waals surface area contributed by atoms with E-state index in [4.69, 9.17) is 0 Å². The molecule has 7 heteroatoms. The van der Waals surface area contributed by atoms with Gasteiger partial charge in [-0.1, -0.05) is 23.9 Å². The summed E-state index contributed by atoms with van der Waals surface area (Å²) in [5.74, 6) is 0.210. The molecule has 0 saturated carbocycles. The number of hydrogen-bond acceptors (Lipinski definition) is 5. The van der Waals surface area contributed by atoms with E-state index in [1.54, 1.807) is 12.4 Å². The number of nitrogens with zero attached hydrogens (tertiary/aromatic N) is 3. The van der Waals surface area contributed by atoms with Crippen molar-refractivity contribution in [3.8, 4) is 5.69 Å². The van der Waals surface area contributed by atoms with Gasteiger partial charge in [0.05, 0.1) is 5.75 Å². The van der Waals surface area contributed by atoms with Gasteiger partial charge < -0.3 is 5.32 Å². The van der Waals surface area contributed by atoms with E-state index < -0.39 is 0 Å². The lowest BCUT2D eigenvalue weighted by Crippen LogP contribution is -2.14. The molecule has 1 N–H and O–H groups in total. The first-order valence-electron chi connectivity index (χ1n) is 6.65. The van der Waals surface area contributed by atoms with Crippen LogP contribution in [0.2, 0.25) is 0 Å². The highest BCUT2D eigenvalue weighted by atomic mass is 32.2. The van der Waals surface area contributed by atoms with E-state index >= 15 is 0 Å². The van der Waals surface area contributed by atoms with E-state index in [1.165, 1.54) is 28.7 Å². The first-order valence-corrected chi connectivity index (χ1v) is 8.51. The molecule has 2 aromatic heterocycles. The monoisotopic (exact) mass is 330 g/mol. The van der Waals surface area contributed by atoms with E-state index in [2.05, 4.69) is 34.3 Å². The van der Waals surface area contributed by atoms with E-state index in [0.29, 0.717) is 10.9 Å². The maximum Gasteiger partial charge on any atom is 0.236 e. The van der Waals surface area contributed by atoms with Gasteiger partial charge in [0.1, 0.15) is 0 Å². The molecule has 0 bridgehead atoms. The maximum absolute atomic E-state index is 11.9. The molecule has 0 fully saturated rings. The first-order chi connectivity index (χ1) is 10.7. The van der Waals surface area contributed by atoms with Crippen LogP contribution in [0.25, 0.3) is 5.69 Å². The summed E-state index contributed by atoms with van der Waals surface area (Å²) >= 11 is 2.80. The zero-order valence-electron chi connectivity index (χ0n) is 11.9. The molecule has 0 unspecified atom stereocenters. The Balaban J connectivity index is 1.66. The number of thioether (sulfide) groups is 1. The number of carbonyl (C=O) groups excluding carboxylic acids is 1. The molecule has 112 valence electrons. The van der Waals surface area contributed by atoms with Gasteiger partial charge in [-0.05, 0) is 24.6 Å². The van der Waals surface area contributed by atoms with Crippen LogP contribution in [0.4, 0.5) is 5.13 Å². The highest BCUT2D eigenvalue weighted by Gasteiger charge is 2.10. The molecule has 0 aliphatic rings. The van der Waals surface area contributed by atoms with Crippen molar-refractivity contribution < 1.29 is 4.79 Å². The van der Waals surface area contributed by atoms with Gasteiger partial charge in [0.15, 0.2) is 10.3 Å². The van der Waals surface area contributed by atoms with Crippen LogP contribution in [-0.4, -0.2) is 26.2 Å². The average Bonchev–Trinajstić information content (AvgIpc) is 3.16. The van der Waals surface area contributed by atoms with Crippen molar-refractivity contribution in [1.29, 1.82) is 0 Å². The maximum atomic E-state index is 11.9. The molecule has 22 heavy (non-hydrogen) atoms. The molecule has 0 aliphatic heterocycles. The second-order valence-corrected chi connectivity index (χ2v) is 6.43. The quantitative estimate of drug-likeness (QED) is 0.729. The highest BCUT2D eigenvalue weighted by Crippen LogP contribution is 2.21. The molecular formula is C15H14N4OS2. The molecule has 5 nitrogen and oxygen atoms in total. The third-order valence-electron chi connectivity index (χ3n) is 2.90. The van der Waals surface area contributed by atoms with Crippen molar-refractivity contribution >= 4 is 34.1 Å². The largest absolute Gasteiger partial charge is 0.301 e. The Morgan fingerprint density at radius 3 is 3.05 bits per heavy atom.